The number of nitrogens with one attached hydrogen (secondary N) is 1. The lowest BCUT2D eigenvalue weighted by molar-refractivity contribution is -0.125. The van der Waals surface area contributed by atoms with Gasteiger partial charge in [-0.1, -0.05) is 45.0 Å². The van der Waals surface area contributed by atoms with E-state index in [9.17, 15) is 4.79 Å². The van der Waals surface area contributed by atoms with Crippen LogP contribution in [-0.4, -0.2) is 22.8 Å². The Hall–Kier alpha value is -1.48. The molecule has 28 heavy (non-hydrogen) atoms. The molecule has 1 aliphatic heterocycles. The highest BCUT2D eigenvalue weighted by Gasteiger charge is 2.64. The number of carbonyl (C=O) groups is 1. The molecule has 0 spiro atoms. The minimum absolute atomic E-state index is 0.0838. The lowest BCUT2D eigenvalue weighted by atomic mass is 9.72. The SMILES string of the molecule is C=C1NC2C(CC(=O)C(C)(Cl)C(C)(C)C)C3CC2C1C3Oc1ccc(C)cc1. The molecule has 2 saturated carbocycles. The third kappa shape index (κ3) is 2.98. The van der Waals surface area contributed by atoms with Gasteiger partial charge in [-0.25, -0.2) is 0 Å². The zero-order valence-corrected chi connectivity index (χ0v) is 18.3. The predicted molar refractivity (Wildman–Crippen MR) is 114 cm³/mol. The second-order valence-electron chi connectivity index (χ2n) is 10.2. The maximum Gasteiger partial charge on any atom is 0.154 e. The Bertz CT molecular complexity index is 792. The minimum Gasteiger partial charge on any atom is -0.489 e. The summed E-state index contributed by atoms with van der Waals surface area (Å²) in [4.78, 5) is 12.3. The molecule has 7 atom stereocenters. The number of carbonyl (C=O) groups excluding carboxylic acids is 1. The number of hydrogen-bond donors (Lipinski definition) is 1. The topological polar surface area (TPSA) is 38.3 Å². The summed E-state index contributed by atoms with van der Waals surface area (Å²) in [5.74, 6) is 2.52. The molecule has 0 radical (unpaired) electrons. The zero-order valence-electron chi connectivity index (χ0n) is 17.6. The van der Waals surface area contributed by atoms with Crippen molar-refractivity contribution in [2.75, 3.05) is 0 Å². The summed E-state index contributed by atoms with van der Waals surface area (Å²) in [5.41, 5.74) is 2.02. The number of aryl methyl sites for hydroxylation is 1. The molecular formula is C24H32ClNO2. The van der Waals surface area contributed by atoms with E-state index in [1.807, 2.05) is 39.8 Å². The van der Waals surface area contributed by atoms with Crippen molar-refractivity contribution < 1.29 is 9.53 Å². The third-order valence-corrected chi connectivity index (χ3v) is 8.43. The van der Waals surface area contributed by atoms with Crippen LogP contribution in [0.5, 0.6) is 5.75 Å². The van der Waals surface area contributed by atoms with E-state index >= 15 is 0 Å². The Morgan fingerprint density at radius 1 is 1.21 bits per heavy atom. The molecule has 2 aliphatic carbocycles. The van der Waals surface area contributed by atoms with Crippen LogP contribution in [0, 0.1) is 36.0 Å². The monoisotopic (exact) mass is 401 g/mol. The van der Waals surface area contributed by atoms with Crippen LogP contribution < -0.4 is 10.1 Å². The fourth-order valence-electron chi connectivity index (χ4n) is 5.50. The van der Waals surface area contributed by atoms with Crippen molar-refractivity contribution in [2.45, 2.75) is 64.5 Å². The highest BCUT2D eigenvalue weighted by atomic mass is 35.5. The van der Waals surface area contributed by atoms with Gasteiger partial charge < -0.3 is 10.1 Å². The molecule has 1 N–H and O–H groups in total. The molecule has 4 rings (SSSR count). The summed E-state index contributed by atoms with van der Waals surface area (Å²) in [6.45, 7) is 14.3. The molecule has 0 aromatic heterocycles. The number of halogens is 1. The van der Waals surface area contributed by atoms with Crippen LogP contribution in [0.3, 0.4) is 0 Å². The van der Waals surface area contributed by atoms with Crippen molar-refractivity contribution in [3.05, 3.63) is 42.1 Å². The summed E-state index contributed by atoms with van der Waals surface area (Å²) in [7, 11) is 0. The fraction of sp³-hybridized carbons (Fsp3) is 0.625. The second kappa shape index (κ2) is 6.52. The van der Waals surface area contributed by atoms with Crippen LogP contribution in [-0.2, 0) is 4.79 Å². The highest BCUT2D eigenvalue weighted by Crippen LogP contribution is 2.59. The number of ketones is 1. The molecular weight excluding hydrogens is 370 g/mol. The molecule has 7 unspecified atom stereocenters. The smallest absolute Gasteiger partial charge is 0.154 e. The first-order valence-electron chi connectivity index (χ1n) is 10.4. The molecule has 2 bridgehead atoms. The molecule has 0 amide bonds. The summed E-state index contributed by atoms with van der Waals surface area (Å²) < 4.78 is 6.48. The van der Waals surface area contributed by atoms with Gasteiger partial charge in [-0.3, -0.25) is 4.79 Å². The Kier molecular flexibility index (Phi) is 4.61. The third-order valence-electron chi connectivity index (χ3n) is 7.65. The van der Waals surface area contributed by atoms with Gasteiger partial charge in [-0.15, -0.1) is 11.6 Å². The van der Waals surface area contributed by atoms with E-state index in [2.05, 4.69) is 31.0 Å². The van der Waals surface area contributed by atoms with Gasteiger partial charge in [0.2, 0.25) is 0 Å². The summed E-state index contributed by atoms with van der Waals surface area (Å²) in [5, 5.41) is 3.61. The minimum atomic E-state index is -0.864. The Morgan fingerprint density at radius 2 is 1.86 bits per heavy atom. The van der Waals surface area contributed by atoms with Crippen LogP contribution in [0.1, 0.15) is 46.1 Å². The van der Waals surface area contributed by atoms with E-state index in [1.54, 1.807) is 0 Å². The fourth-order valence-corrected chi connectivity index (χ4v) is 5.57. The summed E-state index contributed by atoms with van der Waals surface area (Å²) in [6.07, 6.45) is 1.69. The van der Waals surface area contributed by atoms with Gasteiger partial charge in [0.25, 0.3) is 0 Å². The Balaban J connectivity index is 1.56. The van der Waals surface area contributed by atoms with Crippen molar-refractivity contribution in [3.63, 3.8) is 0 Å². The van der Waals surface area contributed by atoms with Crippen LogP contribution in [0.4, 0.5) is 0 Å². The van der Waals surface area contributed by atoms with Gasteiger partial charge in [-0.05, 0) is 49.7 Å². The van der Waals surface area contributed by atoms with Crippen molar-refractivity contribution >= 4 is 17.4 Å². The van der Waals surface area contributed by atoms with Crippen LogP contribution in [0.15, 0.2) is 36.5 Å². The number of ether oxygens (including phenoxy) is 1. The van der Waals surface area contributed by atoms with Gasteiger partial charge >= 0.3 is 0 Å². The van der Waals surface area contributed by atoms with Crippen LogP contribution in [0.25, 0.3) is 0 Å². The molecule has 1 aromatic rings. The number of rotatable bonds is 5. The van der Waals surface area contributed by atoms with Gasteiger partial charge in [0.05, 0.1) is 0 Å². The van der Waals surface area contributed by atoms with Crippen molar-refractivity contribution in [1.29, 1.82) is 0 Å². The first-order valence-corrected chi connectivity index (χ1v) is 10.8. The number of fused-ring (bicyclic) bond motifs is 1. The first kappa shape index (κ1) is 19.8. The Labute approximate surface area is 173 Å². The summed E-state index contributed by atoms with van der Waals surface area (Å²) >= 11 is 6.74. The van der Waals surface area contributed by atoms with E-state index in [0.717, 1.165) is 17.9 Å². The molecule has 4 heteroatoms. The quantitative estimate of drug-likeness (QED) is 0.696. The summed E-state index contributed by atoms with van der Waals surface area (Å²) in [6, 6.07) is 8.57. The number of benzene rings is 1. The van der Waals surface area contributed by atoms with Crippen LogP contribution >= 0.6 is 11.6 Å². The average molecular weight is 402 g/mol. The van der Waals surface area contributed by atoms with E-state index in [1.165, 1.54) is 5.56 Å². The van der Waals surface area contributed by atoms with Gasteiger partial charge in [-0.2, -0.15) is 0 Å². The van der Waals surface area contributed by atoms with Crippen LogP contribution in [0.2, 0.25) is 0 Å². The number of hydrogen-bond acceptors (Lipinski definition) is 3. The second-order valence-corrected chi connectivity index (χ2v) is 11.0. The maximum atomic E-state index is 13.2. The van der Waals surface area contributed by atoms with Gasteiger partial charge in [0, 0.05) is 30.0 Å². The largest absolute Gasteiger partial charge is 0.489 e. The predicted octanol–water partition coefficient (Wildman–Crippen LogP) is 5.11. The molecule has 1 heterocycles. The zero-order chi connectivity index (χ0) is 20.4. The molecule has 3 nitrogen and oxygen atoms in total. The standard InChI is InChI=1S/C24H32ClNO2/c1-13-7-9-15(10-8-13)28-22-17-11-18-20(22)14(2)26-21(18)16(17)12-19(27)24(6,25)23(3,4)5/h7-10,16-18,20-22,26H,2,11-12H2,1,3-6H3. The molecule has 1 aromatic carbocycles. The maximum absolute atomic E-state index is 13.2. The van der Waals surface area contributed by atoms with Gasteiger partial charge in [0.1, 0.15) is 16.7 Å². The molecule has 152 valence electrons. The van der Waals surface area contributed by atoms with E-state index in [-0.39, 0.29) is 23.2 Å². The lowest BCUT2D eigenvalue weighted by Crippen LogP contribution is -2.47. The Morgan fingerprint density at radius 3 is 2.46 bits per heavy atom. The highest BCUT2D eigenvalue weighted by molar-refractivity contribution is 6.35. The van der Waals surface area contributed by atoms with E-state index < -0.39 is 4.87 Å². The number of alkyl halides is 1. The van der Waals surface area contributed by atoms with Crippen molar-refractivity contribution in [2.24, 2.45) is 29.1 Å². The average Bonchev–Trinajstić information content (AvgIpc) is 3.20. The van der Waals surface area contributed by atoms with E-state index in [4.69, 9.17) is 16.3 Å². The number of Topliss-reactive ketones (excluding diaryl/α,β-unsaturated/α-hetero) is 1. The molecule has 3 fully saturated rings. The van der Waals surface area contributed by atoms with Gasteiger partial charge in [0.15, 0.2) is 5.78 Å². The normalized spacial score (nSPS) is 35.6. The molecule has 3 aliphatic rings. The molecule has 1 saturated heterocycles. The first-order chi connectivity index (χ1) is 13.0. The van der Waals surface area contributed by atoms with Crippen molar-refractivity contribution in [1.82, 2.24) is 5.32 Å². The lowest BCUT2D eigenvalue weighted by Gasteiger charge is -2.38. The van der Waals surface area contributed by atoms with Crippen molar-refractivity contribution in [3.8, 4) is 5.75 Å². The van der Waals surface area contributed by atoms with E-state index in [0.29, 0.717) is 30.2 Å².